The molecule has 0 radical (unpaired) electrons. The van der Waals surface area contributed by atoms with Gasteiger partial charge in [-0.3, -0.25) is 4.90 Å². The standard InChI is InChI=1S/C12H19BrN4/c1-3-10-8-17(5-4-16(10)2)12-11(14)6-9(13)7-15-12/h6-7,10H,3-5,8,14H2,1-2H3. The summed E-state index contributed by atoms with van der Waals surface area (Å²) in [5.41, 5.74) is 6.77. The number of hydrogen-bond donors (Lipinski definition) is 1. The Morgan fingerprint density at radius 2 is 2.29 bits per heavy atom. The molecule has 5 heteroatoms. The van der Waals surface area contributed by atoms with Crippen LogP contribution in [0, 0.1) is 0 Å². The molecule has 1 aromatic rings. The van der Waals surface area contributed by atoms with Crippen molar-refractivity contribution in [3.8, 4) is 0 Å². The van der Waals surface area contributed by atoms with Crippen LogP contribution in [-0.4, -0.2) is 42.6 Å². The van der Waals surface area contributed by atoms with Crippen LogP contribution in [0.3, 0.4) is 0 Å². The molecule has 0 saturated carbocycles. The van der Waals surface area contributed by atoms with Crippen LogP contribution >= 0.6 is 15.9 Å². The van der Waals surface area contributed by atoms with E-state index < -0.39 is 0 Å². The van der Waals surface area contributed by atoms with Gasteiger partial charge in [0.2, 0.25) is 0 Å². The molecule has 94 valence electrons. The summed E-state index contributed by atoms with van der Waals surface area (Å²) in [6.45, 7) is 5.29. The molecule has 2 N–H and O–H groups in total. The number of anilines is 2. The molecule has 1 aliphatic heterocycles. The summed E-state index contributed by atoms with van der Waals surface area (Å²) in [5, 5.41) is 0. The van der Waals surface area contributed by atoms with Crippen molar-refractivity contribution in [1.82, 2.24) is 9.88 Å². The van der Waals surface area contributed by atoms with Crippen molar-refractivity contribution in [2.24, 2.45) is 0 Å². The Labute approximate surface area is 111 Å². The zero-order chi connectivity index (χ0) is 12.4. The average Bonchev–Trinajstić information content (AvgIpc) is 2.30. The fourth-order valence-electron chi connectivity index (χ4n) is 2.29. The van der Waals surface area contributed by atoms with Crippen molar-refractivity contribution >= 4 is 27.4 Å². The lowest BCUT2D eigenvalue weighted by atomic mass is 10.1. The SMILES string of the molecule is CCC1CN(c2ncc(Br)cc2N)CCN1C. The molecule has 1 saturated heterocycles. The van der Waals surface area contributed by atoms with E-state index in [1.165, 1.54) is 0 Å². The van der Waals surface area contributed by atoms with Crippen LogP contribution in [0.4, 0.5) is 11.5 Å². The van der Waals surface area contributed by atoms with Gasteiger partial charge in [0.1, 0.15) is 0 Å². The summed E-state index contributed by atoms with van der Waals surface area (Å²) >= 11 is 3.39. The van der Waals surface area contributed by atoms with E-state index in [9.17, 15) is 0 Å². The van der Waals surface area contributed by atoms with Crippen molar-refractivity contribution in [2.75, 3.05) is 37.3 Å². The smallest absolute Gasteiger partial charge is 0.151 e. The number of rotatable bonds is 2. The van der Waals surface area contributed by atoms with Crippen molar-refractivity contribution in [2.45, 2.75) is 19.4 Å². The maximum atomic E-state index is 6.03. The number of hydrogen-bond acceptors (Lipinski definition) is 4. The Kier molecular flexibility index (Phi) is 3.89. The monoisotopic (exact) mass is 298 g/mol. The van der Waals surface area contributed by atoms with Gasteiger partial charge >= 0.3 is 0 Å². The van der Waals surface area contributed by atoms with Crippen LogP contribution in [0.1, 0.15) is 13.3 Å². The van der Waals surface area contributed by atoms with Gasteiger partial charge in [-0.2, -0.15) is 0 Å². The molecular formula is C12H19BrN4. The lowest BCUT2D eigenvalue weighted by Gasteiger charge is -2.40. The lowest BCUT2D eigenvalue weighted by Crippen LogP contribution is -2.51. The van der Waals surface area contributed by atoms with Gasteiger partial charge < -0.3 is 10.6 Å². The van der Waals surface area contributed by atoms with Gasteiger partial charge in [-0.15, -0.1) is 0 Å². The van der Waals surface area contributed by atoms with Gasteiger partial charge in [-0.25, -0.2) is 4.98 Å². The van der Waals surface area contributed by atoms with E-state index in [0.717, 1.165) is 42.0 Å². The van der Waals surface area contributed by atoms with Crippen LogP contribution in [0.2, 0.25) is 0 Å². The predicted octanol–water partition coefficient (Wildman–Crippen LogP) is 1.96. The molecule has 0 bridgehead atoms. The summed E-state index contributed by atoms with van der Waals surface area (Å²) in [4.78, 5) is 9.13. The van der Waals surface area contributed by atoms with Crippen LogP contribution in [0.5, 0.6) is 0 Å². The zero-order valence-corrected chi connectivity index (χ0v) is 11.9. The molecular weight excluding hydrogens is 280 g/mol. The Morgan fingerprint density at radius 1 is 1.53 bits per heavy atom. The molecule has 2 heterocycles. The fraction of sp³-hybridized carbons (Fsp3) is 0.583. The van der Waals surface area contributed by atoms with E-state index in [2.05, 4.69) is 44.7 Å². The topological polar surface area (TPSA) is 45.4 Å². The first-order chi connectivity index (χ1) is 8.11. The first-order valence-corrected chi connectivity index (χ1v) is 6.77. The highest BCUT2D eigenvalue weighted by Gasteiger charge is 2.24. The molecule has 1 unspecified atom stereocenters. The van der Waals surface area contributed by atoms with Crippen LogP contribution in [0.15, 0.2) is 16.7 Å². The van der Waals surface area contributed by atoms with Gasteiger partial charge in [-0.1, -0.05) is 6.92 Å². The van der Waals surface area contributed by atoms with Gasteiger partial charge in [0.25, 0.3) is 0 Å². The lowest BCUT2D eigenvalue weighted by molar-refractivity contribution is 0.213. The minimum absolute atomic E-state index is 0.591. The van der Waals surface area contributed by atoms with Crippen LogP contribution in [-0.2, 0) is 0 Å². The number of aromatic nitrogens is 1. The van der Waals surface area contributed by atoms with Gasteiger partial charge in [-0.05, 0) is 35.5 Å². The fourth-order valence-corrected chi connectivity index (χ4v) is 2.64. The number of likely N-dealkylation sites (N-methyl/N-ethyl adjacent to an activating group) is 1. The first-order valence-electron chi connectivity index (χ1n) is 5.98. The van der Waals surface area contributed by atoms with Gasteiger partial charge in [0.15, 0.2) is 5.82 Å². The number of piperazine rings is 1. The van der Waals surface area contributed by atoms with Crippen LogP contribution < -0.4 is 10.6 Å². The third-order valence-electron chi connectivity index (χ3n) is 3.41. The Hall–Kier alpha value is -0.810. The first kappa shape index (κ1) is 12.6. The second-order valence-electron chi connectivity index (χ2n) is 4.56. The van der Waals surface area contributed by atoms with E-state index in [1.54, 1.807) is 0 Å². The summed E-state index contributed by atoms with van der Waals surface area (Å²) in [6.07, 6.45) is 2.97. The zero-order valence-electron chi connectivity index (χ0n) is 10.4. The Bertz CT molecular complexity index is 396. The van der Waals surface area contributed by atoms with E-state index >= 15 is 0 Å². The minimum Gasteiger partial charge on any atom is -0.396 e. The third kappa shape index (κ3) is 2.72. The van der Waals surface area contributed by atoms with E-state index in [-0.39, 0.29) is 0 Å². The molecule has 1 atom stereocenters. The Balaban J connectivity index is 2.17. The number of halogens is 1. The van der Waals surface area contributed by atoms with Crippen molar-refractivity contribution < 1.29 is 0 Å². The highest BCUT2D eigenvalue weighted by atomic mass is 79.9. The maximum absolute atomic E-state index is 6.03. The summed E-state index contributed by atoms with van der Waals surface area (Å²) in [5.74, 6) is 0.916. The molecule has 4 nitrogen and oxygen atoms in total. The van der Waals surface area contributed by atoms with E-state index in [0.29, 0.717) is 6.04 Å². The number of pyridine rings is 1. The highest BCUT2D eigenvalue weighted by molar-refractivity contribution is 9.10. The molecule has 0 spiro atoms. The van der Waals surface area contributed by atoms with Crippen molar-refractivity contribution in [3.63, 3.8) is 0 Å². The molecule has 1 fully saturated rings. The molecule has 1 aliphatic rings. The second-order valence-corrected chi connectivity index (χ2v) is 5.47. The number of nitrogens with zero attached hydrogens (tertiary/aromatic N) is 3. The predicted molar refractivity (Wildman–Crippen MR) is 75.3 cm³/mol. The quantitative estimate of drug-likeness (QED) is 0.907. The minimum atomic E-state index is 0.591. The van der Waals surface area contributed by atoms with Crippen molar-refractivity contribution in [1.29, 1.82) is 0 Å². The largest absolute Gasteiger partial charge is 0.396 e. The molecule has 0 aromatic carbocycles. The summed E-state index contributed by atoms with van der Waals surface area (Å²) < 4.78 is 0.930. The average molecular weight is 299 g/mol. The van der Waals surface area contributed by atoms with Gasteiger partial charge in [0, 0.05) is 36.3 Å². The van der Waals surface area contributed by atoms with E-state index in [4.69, 9.17) is 5.73 Å². The maximum Gasteiger partial charge on any atom is 0.151 e. The van der Waals surface area contributed by atoms with E-state index in [1.807, 2.05) is 12.3 Å². The third-order valence-corrected chi connectivity index (χ3v) is 3.84. The van der Waals surface area contributed by atoms with Crippen molar-refractivity contribution in [3.05, 3.63) is 16.7 Å². The Morgan fingerprint density at radius 3 is 2.94 bits per heavy atom. The molecule has 17 heavy (non-hydrogen) atoms. The second kappa shape index (κ2) is 5.23. The normalized spacial score (nSPS) is 21.8. The van der Waals surface area contributed by atoms with Crippen LogP contribution in [0.25, 0.3) is 0 Å². The summed E-state index contributed by atoms with van der Waals surface area (Å²) in [7, 11) is 2.18. The van der Waals surface area contributed by atoms with Gasteiger partial charge in [0.05, 0.1) is 5.69 Å². The molecule has 0 amide bonds. The molecule has 2 rings (SSSR count). The molecule has 0 aliphatic carbocycles. The number of nitrogen functional groups attached to an aromatic ring is 1. The number of nitrogens with two attached hydrogens (primary N) is 1. The molecule has 1 aromatic heterocycles. The highest BCUT2D eigenvalue weighted by Crippen LogP contribution is 2.25. The summed E-state index contributed by atoms with van der Waals surface area (Å²) in [6, 6.07) is 2.51.